The standard InChI is InChI=1S/C8H14N2O2S2/c1-10(2)14(11,12)8(5-7-13)4-3-6-9-8/h3-4,6,13H,5,7H2,1-2H3. The van der Waals surface area contributed by atoms with Gasteiger partial charge in [-0.05, 0) is 17.9 Å². The summed E-state index contributed by atoms with van der Waals surface area (Å²) in [4.78, 5) is 2.91. The van der Waals surface area contributed by atoms with Gasteiger partial charge in [0.15, 0.2) is 4.87 Å². The van der Waals surface area contributed by atoms with Crippen molar-refractivity contribution in [3.8, 4) is 0 Å². The highest BCUT2D eigenvalue weighted by atomic mass is 32.2. The van der Waals surface area contributed by atoms with Crippen LogP contribution in [0.5, 0.6) is 0 Å². The second-order valence-corrected chi connectivity index (χ2v) is 6.08. The van der Waals surface area contributed by atoms with Gasteiger partial charge in [-0.25, -0.2) is 12.7 Å². The van der Waals surface area contributed by atoms with Crippen molar-refractivity contribution in [1.29, 1.82) is 0 Å². The average Bonchev–Trinajstić information content (AvgIpc) is 2.54. The number of sulfonamides is 1. The van der Waals surface area contributed by atoms with Gasteiger partial charge in [-0.3, -0.25) is 4.99 Å². The first-order valence-electron chi connectivity index (χ1n) is 4.22. The van der Waals surface area contributed by atoms with Crippen LogP contribution < -0.4 is 0 Å². The fourth-order valence-electron chi connectivity index (χ4n) is 1.31. The van der Waals surface area contributed by atoms with Crippen molar-refractivity contribution in [2.45, 2.75) is 11.3 Å². The van der Waals surface area contributed by atoms with Gasteiger partial charge in [0, 0.05) is 26.7 Å². The Labute approximate surface area is 90.2 Å². The lowest BCUT2D eigenvalue weighted by Crippen LogP contribution is -2.42. The minimum absolute atomic E-state index is 0.392. The molecule has 0 radical (unpaired) electrons. The van der Waals surface area contributed by atoms with Crippen LogP contribution in [0.15, 0.2) is 17.1 Å². The van der Waals surface area contributed by atoms with E-state index >= 15 is 0 Å². The van der Waals surface area contributed by atoms with E-state index in [2.05, 4.69) is 17.6 Å². The second kappa shape index (κ2) is 4.04. The summed E-state index contributed by atoms with van der Waals surface area (Å²) >= 11 is 4.06. The molecule has 1 aliphatic rings. The Hall–Kier alpha value is -0.330. The van der Waals surface area contributed by atoms with Crippen LogP contribution in [-0.4, -0.2) is 43.7 Å². The first kappa shape index (κ1) is 11.7. The number of hydrogen-bond acceptors (Lipinski definition) is 4. The monoisotopic (exact) mass is 234 g/mol. The van der Waals surface area contributed by atoms with Gasteiger partial charge in [0.1, 0.15) is 0 Å². The zero-order valence-electron chi connectivity index (χ0n) is 8.21. The highest BCUT2D eigenvalue weighted by Crippen LogP contribution is 2.30. The van der Waals surface area contributed by atoms with Gasteiger partial charge in [-0.1, -0.05) is 0 Å². The number of hydrogen-bond donors (Lipinski definition) is 1. The molecule has 0 aromatic rings. The summed E-state index contributed by atoms with van der Waals surface area (Å²) in [6.45, 7) is 0. The third kappa shape index (κ3) is 1.74. The predicted octanol–water partition coefficient (Wildman–Crippen LogP) is 0.535. The highest BCUT2D eigenvalue weighted by molar-refractivity contribution is 7.90. The zero-order chi connectivity index (χ0) is 10.8. The Morgan fingerprint density at radius 2 is 2.14 bits per heavy atom. The maximum Gasteiger partial charge on any atom is 0.243 e. The van der Waals surface area contributed by atoms with E-state index in [-0.39, 0.29) is 0 Å². The summed E-state index contributed by atoms with van der Waals surface area (Å²) in [5, 5.41) is 0. The van der Waals surface area contributed by atoms with E-state index in [0.717, 1.165) is 0 Å². The van der Waals surface area contributed by atoms with Crippen molar-refractivity contribution in [2.24, 2.45) is 4.99 Å². The molecule has 1 aliphatic heterocycles. The number of aliphatic imine (C=N–C) groups is 1. The Balaban J connectivity index is 3.13. The van der Waals surface area contributed by atoms with E-state index in [1.807, 2.05) is 0 Å². The fourth-order valence-corrected chi connectivity index (χ4v) is 3.24. The molecule has 1 heterocycles. The molecular weight excluding hydrogens is 220 g/mol. The summed E-state index contributed by atoms with van der Waals surface area (Å²) in [5.74, 6) is 0.481. The molecule has 1 unspecified atom stereocenters. The van der Waals surface area contributed by atoms with E-state index in [4.69, 9.17) is 0 Å². The third-order valence-electron chi connectivity index (χ3n) is 2.13. The Morgan fingerprint density at radius 3 is 2.50 bits per heavy atom. The minimum Gasteiger partial charge on any atom is -0.265 e. The van der Waals surface area contributed by atoms with Crippen LogP contribution in [0.25, 0.3) is 0 Å². The van der Waals surface area contributed by atoms with Crippen molar-refractivity contribution >= 4 is 28.9 Å². The average molecular weight is 234 g/mol. The summed E-state index contributed by atoms with van der Waals surface area (Å²) in [6.07, 6.45) is 5.18. The minimum atomic E-state index is -3.40. The molecule has 0 saturated heterocycles. The van der Waals surface area contributed by atoms with Gasteiger partial charge in [0.05, 0.1) is 0 Å². The van der Waals surface area contributed by atoms with Gasteiger partial charge in [-0.15, -0.1) is 0 Å². The zero-order valence-corrected chi connectivity index (χ0v) is 9.92. The van der Waals surface area contributed by atoms with Crippen LogP contribution in [-0.2, 0) is 10.0 Å². The summed E-state index contributed by atoms with van der Waals surface area (Å²) in [7, 11) is -0.378. The molecule has 0 aliphatic carbocycles. The molecule has 1 rings (SSSR count). The van der Waals surface area contributed by atoms with Crippen LogP contribution in [0, 0.1) is 0 Å². The van der Waals surface area contributed by atoms with Crippen molar-refractivity contribution in [3.63, 3.8) is 0 Å². The molecule has 14 heavy (non-hydrogen) atoms. The van der Waals surface area contributed by atoms with E-state index in [1.54, 1.807) is 12.2 Å². The highest BCUT2D eigenvalue weighted by Gasteiger charge is 2.43. The second-order valence-electron chi connectivity index (χ2n) is 3.24. The quantitative estimate of drug-likeness (QED) is 0.722. The van der Waals surface area contributed by atoms with Crippen LogP contribution in [0.3, 0.4) is 0 Å². The molecule has 1 atom stereocenters. The van der Waals surface area contributed by atoms with Gasteiger partial charge < -0.3 is 0 Å². The Bertz CT molecular complexity index is 346. The van der Waals surface area contributed by atoms with E-state index in [9.17, 15) is 8.42 Å². The van der Waals surface area contributed by atoms with Crippen LogP contribution >= 0.6 is 12.6 Å². The molecular formula is C8H14N2O2S2. The molecule has 0 fully saturated rings. The van der Waals surface area contributed by atoms with Crippen LogP contribution in [0.4, 0.5) is 0 Å². The Kier molecular flexibility index (Phi) is 3.39. The molecule has 6 heteroatoms. The van der Waals surface area contributed by atoms with E-state index in [1.165, 1.54) is 24.6 Å². The summed E-state index contributed by atoms with van der Waals surface area (Å²) < 4.78 is 25.1. The lowest BCUT2D eigenvalue weighted by molar-refractivity contribution is 0.484. The predicted molar refractivity (Wildman–Crippen MR) is 61.4 cm³/mol. The fraction of sp³-hybridized carbons (Fsp3) is 0.625. The lowest BCUT2D eigenvalue weighted by atomic mass is 10.2. The molecule has 80 valence electrons. The largest absolute Gasteiger partial charge is 0.265 e. The molecule has 0 bridgehead atoms. The number of allylic oxidation sites excluding steroid dienone is 1. The number of thiol groups is 1. The van der Waals surface area contributed by atoms with Gasteiger partial charge >= 0.3 is 0 Å². The molecule has 0 aromatic heterocycles. The third-order valence-corrected chi connectivity index (χ3v) is 4.66. The topological polar surface area (TPSA) is 49.7 Å². The van der Waals surface area contributed by atoms with Gasteiger partial charge in [0.2, 0.25) is 10.0 Å². The first-order valence-corrected chi connectivity index (χ1v) is 6.29. The van der Waals surface area contributed by atoms with Crippen LogP contribution in [0.1, 0.15) is 6.42 Å². The Morgan fingerprint density at radius 1 is 1.50 bits per heavy atom. The molecule has 0 aromatic carbocycles. The van der Waals surface area contributed by atoms with Crippen molar-refractivity contribution < 1.29 is 8.42 Å². The van der Waals surface area contributed by atoms with Gasteiger partial charge in [-0.2, -0.15) is 12.6 Å². The summed E-state index contributed by atoms with van der Waals surface area (Å²) in [5.41, 5.74) is 0. The number of rotatable bonds is 4. The molecule has 0 amide bonds. The lowest BCUT2D eigenvalue weighted by Gasteiger charge is -2.27. The maximum atomic E-state index is 12.0. The van der Waals surface area contributed by atoms with Crippen molar-refractivity contribution in [1.82, 2.24) is 4.31 Å². The number of nitrogens with zero attached hydrogens (tertiary/aromatic N) is 2. The summed E-state index contributed by atoms with van der Waals surface area (Å²) in [6, 6.07) is 0. The molecule has 0 N–H and O–H groups in total. The SMILES string of the molecule is CN(C)S(=O)(=O)C1(CCS)C=CC=N1. The van der Waals surface area contributed by atoms with Crippen molar-refractivity contribution in [2.75, 3.05) is 19.8 Å². The molecule has 0 saturated carbocycles. The maximum absolute atomic E-state index is 12.0. The van der Waals surface area contributed by atoms with E-state index in [0.29, 0.717) is 12.2 Å². The smallest absolute Gasteiger partial charge is 0.243 e. The van der Waals surface area contributed by atoms with E-state index < -0.39 is 14.9 Å². The normalized spacial score (nSPS) is 26.3. The van der Waals surface area contributed by atoms with Crippen molar-refractivity contribution in [3.05, 3.63) is 12.2 Å². The van der Waals surface area contributed by atoms with Gasteiger partial charge in [0.25, 0.3) is 0 Å². The molecule has 4 nitrogen and oxygen atoms in total. The van der Waals surface area contributed by atoms with Crippen LogP contribution in [0.2, 0.25) is 0 Å². The molecule has 0 spiro atoms. The first-order chi connectivity index (χ1) is 6.46.